The summed E-state index contributed by atoms with van der Waals surface area (Å²) in [6.45, 7) is -0.194. The topological polar surface area (TPSA) is 130 Å². The van der Waals surface area contributed by atoms with Crippen LogP contribution >= 0.6 is 0 Å². The van der Waals surface area contributed by atoms with Crippen molar-refractivity contribution in [3.8, 4) is 17.1 Å². The summed E-state index contributed by atoms with van der Waals surface area (Å²) in [5, 5.41) is 6.48. The quantitative estimate of drug-likeness (QED) is 0.351. The molecule has 0 saturated carbocycles. The molecular weight excluding hydrogens is 440 g/mol. The molecule has 0 aliphatic carbocycles. The summed E-state index contributed by atoms with van der Waals surface area (Å²) in [7, 11) is 1.52. The number of aryl methyl sites for hydroxylation is 1. The number of hydrogen-bond acceptors (Lipinski definition) is 9. The monoisotopic (exact) mass is 462 g/mol. The smallest absolute Gasteiger partial charge is 0.306 e. The molecule has 4 aromatic rings. The molecule has 0 saturated heterocycles. The van der Waals surface area contributed by atoms with Gasteiger partial charge in [0, 0.05) is 12.0 Å². The number of amides is 1. The van der Waals surface area contributed by atoms with Crippen LogP contribution in [-0.4, -0.2) is 34.1 Å². The molecule has 0 atom stereocenters. The Morgan fingerprint density at radius 2 is 1.82 bits per heavy atom. The van der Waals surface area contributed by atoms with Crippen LogP contribution in [0.2, 0.25) is 0 Å². The average molecular weight is 462 g/mol. The fraction of sp³-hybridized carbons (Fsp3) is 0.208. The highest BCUT2D eigenvalue weighted by Crippen LogP contribution is 2.23. The molecule has 2 aromatic carbocycles. The van der Waals surface area contributed by atoms with E-state index >= 15 is 0 Å². The summed E-state index contributed by atoms with van der Waals surface area (Å²) in [5.41, 5.74) is 1.45. The van der Waals surface area contributed by atoms with Crippen LogP contribution in [0.1, 0.15) is 24.0 Å². The molecule has 10 nitrogen and oxygen atoms in total. The Hall–Kier alpha value is -4.47. The van der Waals surface area contributed by atoms with Crippen molar-refractivity contribution in [2.75, 3.05) is 12.4 Å². The van der Waals surface area contributed by atoms with Gasteiger partial charge in [0.1, 0.15) is 5.75 Å². The standard InChI is InChI=1S/C24H22N4O6/c1-31-18-10-6-5-9-17(18)26-21(29)13-20-27-23(34-28-20)15-32-24(30)12-11-22-25-14-19(33-22)16-7-3-2-4-8-16/h2-10,14H,11-13,15H2,1H3,(H,26,29). The Balaban J connectivity index is 1.21. The number of hydrogen-bond donors (Lipinski definition) is 1. The fourth-order valence-electron chi connectivity index (χ4n) is 3.09. The number of nitrogens with zero attached hydrogens (tertiary/aromatic N) is 3. The highest BCUT2D eigenvalue weighted by atomic mass is 16.6. The number of esters is 1. The third-order valence-electron chi connectivity index (χ3n) is 4.72. The minimum absolute atomic E-state index is 0.0804. The van der Waals surface area contributed by atoms with Gasteiger partial charge in [0.05, 0.1) is 31.8 Å². The third-order valence-corrected chi connectivity index (χ3v) is 4.72. The number of oxazole rings is 1. The van der Waals surface area contributed by atoms with Gasteiger partial charge >= 0.3 is 5.97 Å². The van der Waals surface area contributed by atoms with Gasteiger partial charge in [-0.3, -0.25) is 9.59 Å². The zero-order chi connectivity index (χ0) is 23.8. The van der Waals surface area contributed by atoms with E-state index in [0.29, 0.717) is 29.5 Å². The van der Waals surface area contributed by atoms with E-state index in [1.165, 1.54) is 7.11 Å². The maximum absolute atomic E-state index is 12.2. The van der Waals surface area contributed by atoms with Crippen LogP contribution in [0, 0.1) is 0 Å². The highest BCUT2D eigenvalue weighted by molar-refractivity contribution is 5.93. The maximum atomic E-state index is 12.2. The van der Waals surface area contributed by atoms with Crippen LogP contribution in [0.5, 0.6) is 5.75 Å². The molecule has 0 aliphatic rings. The largest absolute Gasteiger partial charge is 0.495 e. The van der Waals surface area contributed by atoms with Crippen LogP contribution in [-0.2, 0) is 33.8 Å². The van der Waals surface area contributed by atoms with Gasteiger partial charge in [0.2, 0.25) is 5.91 Å². The SMILES string of the molecule is COc1ccccc1NC(=O)Cc1noc(COC(=O)CCc2ncc(-c3ccccc3)o2)n1. The summed E-state index contributed by atoms with van der Waals surface area (Å²) in [6, 6.07) is 16.6. The number of aromatic nitrogens is 3. The Morgan fingerprint density at radius 1 is 1.03 bits per heavy atom. The van der Waals surface area contributed by atoms with Crippen LogP contribution in [0.4, 0.5) is 5.69 Å². The highest BCUT2D eigenvalue weighted by Gasteiger charge is 2.15. The Kier molecular flexibility index (Phi) is 7.28. The number of methoxy groups -OCH3 is 1. The lowest BCUT2D eigenvalue weighted by atomic mass is 10.2. The van der Waals surface area contributed by atoms with E-state index in [0.717, 1.165) is 5.56 Å². The lowest BCUT2D eigenvalue weighted by Crippen LogP contribution is -2.15. The first-order valence-electron chi connectivity index (χ1n) is 10.5. The fourth-order valence-corrected chi connectivity index (χ4v) is 3.09. The summed E-state index contributed by atoms with van der Waals surface area (Å²) >= 11 is 0. The minimum atomic E-state index is -0.465. The van der Waals surface area contributed by atoms with Gasteiger partial charge in [0.15, 0.2) is 24.1 Å². The first-order valence-corrected chi connectivity index (χ1v) is 10.5. The molecule has 2 heterocycles. The van der Waals surface area contributed by atoms with Crippen molar-refractivity contribution in [2.45, 2.75) is 25.9 Å². The molecule has 2 aromatic heterocycles. The van der Waals surface area contributed by atoms with Gasteiger partial charge in [-0.1, -0.05) is 47.6 Å². The van der Waals surface area contributed by atoms with Crippen LogP contribution in [0.25, 0.3) is 11.3 Å². The maximum Gasteiger partial charge on any atom is 0.306 e. The van der Waals surface area contributed by atoms with Crippen molar-refractivity contribution >= 4 is 17.6 Å². The number of anilines is 1. The van der Waals surface area contributed by atoms with Crippen molar-refractivity contribution in [2.24, 2.45) is 0 Å². The van der Waals surface area contributed by atoms with Gasteiger partial charge in [0.25, 0.3) is 5.89 Å². The van der Waals surface area contributed by atoms with E-state index in [2.05, 4.69) is 20.4 Å². The van der Waals surface area contributed by atoms with Crippen molar-refractivity contribution in [3.63, 3.8) is 0 Å². The second-order valence-corrected chi connectivity index (χ2v) is 7.17. The number of nitrogens with one attached hydrogen (secondary N) is 1. The molecule has 0 bridgehead atoms. The summed E-state index contributed by atoms with van der Waals surface area (Å²) in [4.78, 5) is 32.6. The lowest BCUT2D eigenvalue weighted by Gasteiger charge is -2.08. The molecule has 34 heavy (non-hydrogen) atoms. The molecule has 10 heteroatoms. The Bertz CT molecular complexity index is 1250. The van der Waals surface area contributed by atoms with Crippen LogP contribution < -0.4 is 10.1 Å². The molecule has 0 unspecified atom stereocenters. The molecule has 0 fully saturated rings. The van der Waals surface area contributed by atoms with Gasteiger partial charge < -0.3 is 23.7 Å². The summed E-state index contributed by atoms with van der Waals surface area (Å²) in [6.07, 6.45) is 1.89. The predicted octanol–water partition coefficient (Wildman–Crippen LogP) is 3.59. The van der Waals surface area contributed by atoms with Crippen LogP contribution in [0.3, 0.4) is 0 Å². The van der Waals surface area contributed by atoms with E-state index in [1.807, 2.05) is 30.3 Å². The predicted molar refractivity (Wildman–Crippen MR) is 120 cm³/mol. The molecule has 4 rings (SSSR count). The molecule has 1 N–H and O–H groups in total. The van der Waals surface area contributed by atoms with E-state index in [4.69, 9.17) is 18.4 Å². The average Bonchev–Trinajstić information content (AvgIpc) is 3.52. The normalized spacial score (nSPS) is 10.6. The summed E-state index contributed by atoms with van der Waals surface area (Å²) < 4.78 is 21.1. The van der Waals surface area contributed by atoms with Gasteiger partial charge in [-0.2, -0.15) is 4.98 Å². The van der Waals surface area contributed by atoms with Gasteiger partial charge in [-0.25, -0.2) is 4.98 Å². The second-order valence-electron chi connectivity index (χ2n) is 7.17. The van der Waals surface area contributed by atoms with Crippen molar-refractivity contribution < 1.29 is 28.0 Å². The Morgan fingerprint density at radius 3 is 2.65 bits per heavy atom. The van der Waals surface area contributed by atoms with Crippen molar-refractivity contribution in [1.29, 1.82) is 0 Å². The first kappa shape index (κ1) is 22.7. The Labute approximate surface area is 194 Å². The molecule has 174 valence electrons. The zero-order valence-corrected chi connectivity index (χ0v) is 18.4. The first-order chi connectivity index (χ1) is 16.6. The third kappa shape index (κ3) is 6.06. The number of rotatable bonds is 10. The number of ether oxygens (including phenoxy) is 2. The number of benzene rings is 2. The molecule has 0 spiro atoms. The number of para-hydroxylation sites is 2. The molecule has 0 aliphatic heterocycles. The number of carbonyl (C=O) groups is 2. The van der Waals surface area contributed by atoms with E-state index in [-0.39, 0.29) is 37.1 Å². The summed E-state index contributed by atoms with van der Waals surface area (Å²) in [5.74, 6) is 1.08. The van der Waals surface area contributed by atoms with Crippen molar-refractivity contribution in [1.82, 2.24) is 15.1 Å². The zero-order valence-electron chi connectivity index (χ0n) is 18.4. The molecule has 1 amide bonds. The van der Waals surface area contributed by atoms with E-state index in [9.17, 15) is 9.59 Å². The number of carbonyl (C=O) groups excluding carboxylic acids is 2. The van der Waals surface area contributed by atoms with Crippen molar-refractivity contribution in [3.05, 3.63) is 78.4 Å². The van der Waals surface area contributed by atoms with E-state index < -0.39 is 5.97 Å². The second kappa shape index (κ2) is 10.9. The van der Waals surface area contributed by atoms with Gasteiger partial charge in [-0.05, 0) is 12.1 Å². The minimum Gasteiger partial charge on any atom is -0.495 e. The molecular formula is C24H22N4O6. The van der Waals surface area contributed by atoms with E-state index in [1.54, 1.807) is 30.5 Å². The lowest BCUT2D eigenvalue weighted by molar-refractivity contribution is -0.145. The molecule has 0 radical (unpaired) electrons. The van der Waals surface area contributed by atoms with Crippen LogP contribution in [0.15, 0.2) is 69.7 Å². The van der Waals surface area contributed by atoms with Gasteiger partial charge in [-0.15, -0.1) is 0 Å².